The third-order valence-electron chi connectivity index (χ3n) is 6.12. The molecule has 3 aliphatic rings. The van der Waals surface area contributed by atoms with Crippen molar-refractivity contribution in [2.75, 3.05) is 61.6 Å². The number of amides is 3. The summed E-state index contributed by atoms with van der Waals surface area (Å²) in [6.07, 6.45) is 0.543. The van der Waals surface area contributed by atoms with E-state index in [1.807, 2.05) is 24.3 Å². The number of likely N-dealkylation sites (N-methyl/N-ethyl adjacent to an activating group) is 1. The first kappa shape index (κ1) is 24.1. The van der Waals surface area contributed by atoms with Crippen molar-refractivity contribution in [2.45, 2.75) is 25.3 Å². The fraction of sp³-hybridized carbons (Fsp3) is 0.545. The van der Waals surface area contributed by atoms with Crippen LogP contribution in [-0.4, -0.2) is 99.2 Å². The second-order valence-corrected chi connectivity index (χ2v) is 10.9. The van der Waals surface area contributed by atoms with Gasteiger partial charge in [0.25, 0.3) is 5.91 Å². The zero-order chi connectivity index (χ0) is 24.3. The standard InChI is InChI=1S/C22H29N5O6S/c1-25(14-20(28)23-16-2-4-17(5-3-16)26-9-11-33-12-10-26)22(30)19-6-7-21(29)27(24-19)18-8-13-34(31,32)15-18/h2-5,18H,6-15H2,1H3,(H,23,28). The molecule has 3 aliphatic heterocycles. The first-order chi connectivity index (χ1) is 16.2. The number of carbonyl (C=O) groups excluding carboxylic acids is 3. The molecular weight excluding hydrogens is 462 g/mol. The molecule has 11 nitrogen and oxygen atoms in total. The van der Waals surface area contributed by atoms with Gasteiger partial charge < -0.3 is 19.9 Å². The maximum Gasteiger partial charge on any atom is 0.270 e. The molecule has 1 aromatic rings. The lowest BCUT2D eigenvalue weighted by Gasteiger charge is -2.29. The molecule has 184 valence electrons. The Morgan fingerprint density at radius 2 is 1.88 bits per heavy atom. The minimum atomic E-state index is -3.20. The van der Waals surface area contributed by atoms with Gasteiger partial charge in [0.2, 0.25) is 11.8 Å². The van der Waals surface area contributed by atoms with Gasteiger partial charge >= 0.3 is 0 Å². The van der Waals surface area contributed by atoms with E-state index in [1.54, 1.807) is 0 Å². The Morgan fingerprint density at radius 3 is 2.53 bits per heavy atom. The fourth-order valence-corrected chi connectivity index (χ4v) is 5.96. The monoisotopic (exact) mass is 491 g/mol. The van der Waals surface area contributed by atoms with Crippen LogP contribution >= 0.6 is 0 Å². The van der Waals surface area contributed by atoms with E-state index >= 15 is 0 Å². The Balaban J connectivity index is 1.33. The van der Waals surface area contributed by atoms with Crippen molar-refractivity contribution in [1.29, 1.82) is 0 Å². The average Bonchev–Trinajstić information content (AvgIpc) is 3.19. The van der Waals surface area contributed by atoms with Crippen molar-refractivity contribution in [1.82, 2.24) is 9.91 Å². The van der Waals surface area contributed by atoms with Crippen LogP contribution in [-0.2, 0) is 29.0 Å². The predicted octanol–water partition coefficient (Wildman–Crippen LogP) is 0.0856. The molecule has 1 aromatic carbocycles. The van der Waals surface area contributed by atoms with Crippen LogP contribution in [0.1, 0.15) is 19.3 Å². The molecule has 3 amide bonds. The highest BCUT2D eigenvalue weighted by atomic mass is 32.2. The van der Waals surface area contributed by atoms with Gasteiger partial charge in [-0.25, -0.2) is 13.4 Å². The Bertz CT molecular complexity index is 1080. The number of benzene rings is 1. The van der Waals surface area contributed by atoms with Crippen molar-refractivity contribution in [3.8, 4) is 0 Å². The second-order valence-electron chi connectivity index (χ2n) is 8.70. The summed E-state index contributed by atoms with van der Waals surface area (Å²) in [7, 11) is -1.70. The maximum atomic E-state index is 12.8. The molecule has 2 fully saturated rings. The summed E-state index contributed by atoms with van der Waals surface area (Å²) >= 11 is 0. The number of nitrogens with one attached hydrogen (secondary N) is 1. The van der Waals surface area contributed by atoms with Gasteiger partial charge in [0.05, 0.1) is 37.3 Å². The van der Waals surface area contributed by atoms with Gasteiger partial charge in [-0.3, -0.25) is 14.4 Å². The maximum absolute atomic E-state index is 12.8. The van der Waals surface area contributed by atoms with E-state index in [9.17, 15) is 22.8 Å². The summed E-state index contributed by atoms with van der Waals surface area (Å²) in [6, 6.07) is 6.95. The van der Waals surface area contributed by atoms with Gasteiger partial charge in [-0.2, -0.15) is 5.10 Å². The van der Waals surface area contributed by atoms with Gasteiger partial charge in [-0.05, 0) is 30.7 Å². The van der Waals surface area contributed by atoms with Gasteiger partial charge in [-0.1, -0.05) is 0 Å². The Labute approximate surface area is 198 Å². The molecule has 0 spiro atoms. The van der Waals surface area contributed by atoms with Gasteiger partial charge in [0.15, 0.2) is 9.84 Å². The first-order valence-electron chi connectivity index (χ1n) is 11.3. The summed E-state index contributed by atoms with van der Waals surface area (Å²) in [4.78, 5) is 41.1. The summed E-state index contributed by atoms with van der Waals surface area (Å²) in [5.74, 6) is -1.25. The quantitative estimate of drug-likeness (QED) is 0.597. The molecule has 1 unspecified atom stereocenters. The van der Waals surface area contributed by atoms with Crippen LogP contribution in [0.15, 0.2) is 29.4 Å². The van der Waals surface area contributed by atoms with Crippen LogP contribution in [0.25, 0.3) is 0 Å². The van der Waals surface area contributed by atoms with Gasteiger partial charge in [-0.15, -0.1) is 0 Å². The molecule has 4 rings (SSSR count). The van der Waals surface area contributed by atoms with E-state index in [0.29, 0.717) is 25.3 Å². The largest absolute Gasteiger partial charge is 0.378 e. The molecule has 2 saturated heterocycles. The number of carbonyl (C=O) groups is 3. The number of nitrogens with zero attached hydrogens (tertiary/aromatic N) is 4. The minimum Gasteiger partial charge on any atom is -0.378 e. The van der Waals surface area contributed by atoms with Crippen LogP contribution in [0, 0.1) is 0 Å². The lowest BCUT2D eigenvalue weighted by atomic mass is 10.1. The minimum absolute atomic E-state index is 0.00769. The highest BCUT2D eigenvalue weighted by Gasteiger charge is 2.37. The SMILES string of the molecule is CN(CC(=O)Nc1ccc(N2CCOCC2)cc1)C(=O)C1=NN(C2CCS(=O)(=O)C2)C(=O)CC1. The van der Waals surface area contributed by atoms with Crippen LogP contribution in [0.4, 0.5) is 11.4 Å². The molecule has 12 heteroatoms. The molecule has 1 atom stereocenters. The lowest BCUT2D eigenvalue weighted by molar-refractivity contribution is -0.134. The Kier molecular flexibility index (Phi) is 7.17. The number of rotatable bonds is 6. The molecule has 0 aromatic heterocycles. The topological polar surface area (TPSA) is 129 Å². The zero-order valence-corrected chi connectivity index (χ0v) is 19.9. The normalized spacial score (nSPS) is 22.3. The number of hydrogen-bond acceptors (Lipinski definition) is 8. The number of anilines is 2. The average molecular weight is 492 g/mol. The zero-order valence-electron chi connectivity index (χ0n) is 19.1. The second kappa shape index (κ2) is 10.1. The van der Waals surface area contributed by atoms with Gasteiger partial charge in [0.1, 0.15) is 5.71 Å². The number of ether oxygens (including phenoxy) is 1. The van der Waals surface area contributed by atoms with Crippen molar-refractivity contribution >= 4 is 44.6 Å². The predicted molar refractivity (Wildman–Crippen MR) is 126 cm³/mol. The van der Waals surface area contributed by atoms with E-state index in [-0.39, 0.29) is 48.4 Å². The number of hydrazone groups is 1. The van der Waals surface area contributed by atoms with E-state index in [4.69, 9.17) is 4.74 Å². The first-order valence-corrected chi connectivity index (χ1v) is 13.1. The highest BCUT2D eigenvalue weighted by molar-refractivity contribution is 7.91. The number of hydrogen-bond donors (Lipinski definition) is 1. The molecular formula is C22H29N5O6S. The van der Waals surface area contributed by atoms with Crippen molar-refractivity contribution in [3.05, 3.63) is 24.3 Å². The molecule has 0 saturated carbocycles. The summed E-state index contributed by atoms with van der Waals surface area (Å²) in [6.45, 7) is 2.84. The fourth-order valence-electron chi connectivity index (χ4n) is 4.26. The van der Waals surface area contributed by atoms with Gasteiger partial charge in [0, 0.05) is 44.4 Å². The van der Waals surface area contributed by atoms with E-state index in [2.05, 4.69) is 15.3 Å². The van der Waals surface area contributed by atoms with E-state index in [1.165, 1.54) is 11.9 Å². The third-order valence-corrected chi connectivity index (χ3v) is 7.87. The molecule has 1 N–H and O–H groups in total. The van der Waals surface area contributed by atoms with E-state index in [0.717, 1.165) is 23.8 Å². The molecule has 0 bridgehead atoms. The van der Waals surface area contributed by atoms with Crippen LogP contribution in [0.3, 0.4) is 0 Å². The highest BCUT2D eigenvalue weighted by Crippen LogP contribution is 2.23. The smallest absolute Gasteiger partial charge is 0.270 e. The lowest BCUT2D eigenvalue weighted by Crippen LogP contribution is -2.45. The van der Waals surface area contributed by atoms with Crippen molar-refractivity contribution < 1.29 is 27.5 Å². The number of sulfone groups is 1. The molecule has 0 radical (unpaired) electrons. The van der Waals surface area contributed by atoms with E-state index < -0.39 is 21.8 Å². The Morgan fingerprint density at radius 1 is 1.18 bits per heavy atom. The third kappa shape index (κ3) is 5.73. The summed E-state index contributed by atoms with van der Waals surface area (Å²) < 4.78 is 28.9. The summed E-state index contributed by atoms with van der Waals surface area (Å²) in [5, 5.41) is 8.10. The Hall–Kier alpha value is -2.99. The van der Waals surface area contributed by atoms with Crippen LogP contribution in [0.2, 0.25) is 0 Å². The van der Waals surface area contributed by atoms with Crippen molar-refractivity contribution in [3.63, 3.8) is 0 Å². The summed E-state index contributed by atoms with van der Waals surface area (Å²) in [5.41, 5.74) is 1.82. The van der Waals surface area contributed by atoms with Crippen molar-refractivity contribution in [2.24, 2.45) is 5.10 Å². The molecule has 34 heavy (non-hydrogen) atoms. The van der Waals surface area contributed by atoms with Crippen LogP contribution in [0.5, 0.6) is 0 Å². The van der Waals surface area contributed by atoms with Crippen LogP contribution < -0.4 is 10.2 Å². The number of morpholine rings is 1. The molecule has 0 aliphatic carbocycles. The molecule has 3 heterocycles.